The predicted molar refractivity (Wildman–Crippen MR) is 77.5 cm³/mol. The molecule has 122 valence electrons. The molecule has 8 heteroatoms. The minimum atomic E-state index is -0.824. The molecule has 1 aromatic heterocycles. The number of carbonyl (C=O) groups excluding carboxylic acids is 2. The van der Waals surface area contributed by atoms with E-state index in [1.807, 2.05) is 0 Å². The third kappa shape index (κ3) is 3.91. The summed E-state index contributed by atoms with van der Waals surface area (Å²) in [5.74, 6) is -2.70. The number of nitrogens with zero attached hydrogens (tertiary/aromatic N) is 1. The van der Waals surface area contributed by atoms with Gasteiger partial charge in [-0.1, -0.05) is 6.07 Å². The molecule has 0 aliphatic carbocycles. The van der Waals surface area contributed by atoms with E-state index in [0.717, 1.165) is 18.3 Å². The summed E-state index contributed by atoms with van der Waals surface area (Å²) in [6.45, 7) is 3.04. The Balaban J connectivity index is 2.21. The highest BCUT2D eigenvalue weighted by atomic mass is 19.1. The molecule has 1 amide bonds. The molecule has 1 aromatic carbocycles. The minimum absolute atomic E-state index is 0.0938. The zero-order valence-electron chi connectivity index (χ0n) is 12.5. The van der Waals surface area contributed by atoms with E-state index >= 15 is 0 Å². The van der Waals surface area contributed by atoms with Crippen molar-refractivity contribution in [1.82, 2.24) is 15.5 Å². The molecule has 0 aliphatic heterocycles. The monoisotopic (exact) mass is 323 g/mol. The molecule has 0 saturated heterocycles. The molecule has 0 bridgehead atoms. The van der Waals surface area contributed by atoms with Crippen molar-refractivity contribution >= 4 is 11.9 Å². The van der Waals surface area contributed by atoms with Crippen molar-refractivity contribution in [3.8, 4) is 11.3 Å². The first-order valence-electron chi connectivity index (χ1n) is 6.83. The Bertz CT molecular complexity index is 710. The van der Waals surface area contributed by atoms with Gasteiger partial charge in [-0.05, 0) is 19.1 Å². The molecule has 1 heterocycles. The highest BCUT2D eigenvalue weighted by Crippen LogP contribution is 2.27. The van der Waals surface area contributed by atoms with Gasteiger partial charge in [-0.2, -0.15) is 5.10 Å². The topological polar surface area (TPSA) is 84.1 Å². The van der Waals surface area contributed by atoms with Crippen LogP contribution in [0.4, 0.5) is 8.78 Å². The Morgan fingerprint density at radius 3 is 2.61 bits per heavy atom. The fraction of sp³-hybridized carbons (Fsp3) is 0.267. The number of hydrogen-bond acceptors (Lipinski definition) is 4. The smallest absolute Gasteiger partial charge is 0.342 e. The van der Waals surface area contributed by atoms with Crippen LogP contribution in [0.5, 0.6) is 0 Å². The Kier molecular flexibility index (Phi) is 5.05. The van der Waals surface area contributed by atoms with Gasteiger partial charge in [0.1, 0.15) is 23.3 Å². The standard InChI is InChI=1S/C15H15F2N3O3/c1-8(6-18-9(2)21)23-15(22)10-7-19-20-14(10)13-11(16)4-3-5-12(13)17/h3-5,7-8H,6H2,1-2H3,(H,18,21)(H,19,20). The van der Waals surface area contributed by atoms with Crippen molar-refractivity contribution in [2.24, 2.45) is 0 Å². The molecule has 0 spiro atoms. The summed E-state index contributed by atoms with van der Waals surface area (Å²) in [6, 6.07) is 3.37. The van der Waals surface area contributed by atoms with Crippen LogP contribution in [0.3, 0.4) is 0 Å². The van der Waals surface area contributed by atoms with Gasteiger partial charge in [0.05, 0.1) is 24.0 Å². The third-order valence-corrected chi connectivity index (χ3v) is 3.02. The SMILES string of the molecule is CC(=O)NCC(C)OC(=O)c1cn[nH]c1-c1c(F)cccc1F. The average Bonchev–Trinajstić information content (AvgIpc) is 2.94. The van der Waals surface area contributed by atoms with Crippen molar-refractivity contribution in [3.63, 3.8) is 0 Å². The van der Waals surface area contributed by atoms with Crippen molar-refractivity contribution in [1.29, 1.82) is 0 Å². The molecule has 2 N–H and O–H groups in total. The molecule has 2 rings (SSSR count). The van der Waals surface area contributed by atoms with Crippen LogP contribution in [0, 0.1) is 11.6 Å². The number of esters is 1. The van der Waals surface area contributed by atoms with E-state index in [0.29, 0.717) is 0 Å². The first-order chi connectivity index (χ1) is 10.9. The Morgan fingerprint density at radius 2 is 2.00 bits per heavy atom. The summed E-state index contributed by atoms with van der Waals surface area (Å²) in [4.78, 5) is 23.0. The number of nitrogens with one attached hydrogen (secondary N) is 2. The molecule has 6 nitrogen and oxygen atoms in total. The van der Waals surface area contributed by atoms with E-state index in [1.54, 1.807) is 6.92 Å². The van der Waals surface area contributed by atoms with Crippen molar-refractivity contribution in [2.45, 2.75) is 20.0 Å². The molecule has 0 radical (unpaired) electrons. The zero-order valence-corrected chi connectivity index (χ0v) is 12.5. The van der Waals surface area contributed by atoms with Crippen LogP contribution in [0.1, 0.15) is 24.2 Å². The van der Waals surface area contributed by atoms with Crippen LogP contribution in [0.15, 0.2) is 24.4 Å². The molecule has 0 aliphatic rings. The Morgan fingerprint density at radius 1 is 1.35 bits per heavy atom. The summed E-state index contributed by atoms with van der Waals surface area (Å²) in [6.07, 6.45) is 0.522. The van der Waals surface area contributed by atoms with Gasteiger partial charge in [-0.25, -0.2) is 13.6 Å². The largest absolute Gasteiger partial charge is 0.457 e. The van der Waals surface area contributed by atoms with Gasteiger partial charge in [-0.3, -0.25) is 9.89 Å². The van der Waals surface area contributed by atoms with Crippen LogP contribution in [0.2, 0.25) is 0 Å². The number of H-pyrrole nitrogens is 1. The summed E-state index contributed by atoms with van der Waals surface area (Å²) >= 11 is 0. The fourth-order valence-corrected chi connectivity index (χ4v) is 1.94. The van der Waals surface area contributed by atoms with Crippen LogP contribution < -0.4 is 5.32 Å². The maximum Gasteiger partial charge on any atom is 0.342 e. The van der Waals surface area contributed by atoms with E-state index in [1.165, 1.54) is 13.0 Å². The fourth-order valence-electron chi connectivity index (χ4n) is 1.94. The molecule has 0 fully saturated rings. The lowest BCUT2D eigenvalue weighted by Gasteiger charge is -2.13. The Hall–Kier alpha value is -2.77. The second-order valence-corrected chi connectivity index (χ2v) is 4.91. The number of ether oxygens (including phenoxy) is 1. The van der Waals surface area contributed by atoms with Crippen LogP contribution >= 0.6 is 0 Å². The van der Waals surface area contributed by atoms with Gasteiger partial charge in [0.25, 0.3) is 0 Å². The summed E-state index contributed by atoms with van der Waals surface area (Å²) in [5.41, 5.74) is -0.576. The number of carbonyl (C=O) groups is 2. The first kappa shape index (κ1) is 16.6. The number of aromatic nitrogens is 2. The lowest BCUT2D eigenvalue weighted by molar-refractivity contribution is -0.119. The number of hydrogen-bond donors (Lipinski definition) is 2. The summed E-state index contributed by atoms with van der Waals surface area (Å²) in [5, 5.41) is 8.56. The molecule has 23 heavy (non-hydrogen) atoms. The van der Waals surface area contributed by atoms with Crippen molar-refractivity contribution < 1.29 is 23.1 Å². The average molecular weight is 323 g/mol. The van der Waals surface area contributed by atoms with Gasteiger partial charge in [0.2, 0.25) is 5.91 Å². The molecule has 1 unspecified atom stereocenters. The maximum absolute atomic E-state index is 13.8. The molecule has 0 saturated carbocycles. The van der Waals surface area contributed by atoms with Gasteiger partial charge >= 0.3 is 5.97 Å². The normalized spacial score (nSPS) is 11.8. The van der Waals surface area contributed by atoms with Gasteiger partial charge in [-0.15, -0.1) is 0 Å². The molecule has 2 aromatic rings. The predicted octanol–water partition coefficient (Wildman–Crippen LogP) is 2.04. The molecule has 1 atom stereocenters. The van der Waals surface area contributed by atoms with Crippen molar-refractivity contribution in [2.75, 3.05) is 6.54 Å². The van der Waals surface area contributed by atoms with E-state index in [-0.39, 0.29) is 29.3 Å². The highest BCUT2D eigenvalue weighted by Gasteiger charge is 2.23. The number of halogens is 2. The molecular formula is C15H15F2N3O3. The van der Waals surface area contributed by atoms with Gasteiger partial charge in [0.15, 0.2) is 0 Å². The lowest BCUT2D eigenvalue weighted by Crippen LogP contribution is -2.31. The number of benzene rings is 1. The van der Waals surface area contributed by atoms with Crippen LogP contribution in [-0.4, -0.2) is 34.7 Å². The van der Waals surface area contributed by atoms with Gasteiger partial charge in [0, 0.05) is 6.92 Å². The number of aromatic amines is 1. The number of rotatable bonds is 5. The minimum Gasteiger partial charge on any atom is -0.457 e. The van der Waals surface area contributed by atoms with Crippen LogP contribution in [-0.2, 0) is 9.53 Å². The number of amides is 1. The molecular weight excluding hydrogens is 308 g/mol. The first-order valence-corrected chi connectivity index (χ1v) is 6.83. The van der Waals surface area contributed by atoms with E-state index in [2.05, 4.69) is 15.5 Å². The van der Waals surface area contributed by atoms with E-state index in [9.17, 15) is 18.4 Å². The second-order valence-electron chi connectivity index (χ2n) is 4.91. The maximum atomic E-state index is 13.8. The Labute approximate surface area is 130 Å². The third-order valence-electron chi connectivity index (χ3n) is 3.02. The summed E-state index contributed by atoms with van der Waals surface area (Å²) < 4.78 is 32.8. The summed E-state index contributed by atoms with van der Waals surface area (Å²) in [7, 11) is 0. The highest BCUT2D eigenvalue weighted by molar-refractivity contribution is 5.96. The van der Waals surface area contributed by atoms with E-state index < -0.39 is 23.7 Å². The second kappa shape index (κ2) is 6.99. The van der Waals surface area contributed by atoms with E-state index in [4.69, 9.17) is 4.74 Å². The van der Waals surface area contributed by atoms with Crippen molar-refractivity contribution in [3.05, 3.63) is 41.6 Å². The zero-order chi connectivity index (χ0) is 17.0. The lowest BCUT2D eigenvalue weighted by atomic mass is 10.1. The van der Waals surface area contributed by atoms with Crippen LogP contribution in [0.25, 0.3) is 11.3 Å². The van der Waals surface area contributed by atoms with Gasteiger partial charge < -0.3 is 10.1 Å². The quantitative estimate of drug-likeness (QED) is 0.825.